The molecule has 0 saturated heterocycles. The molecule has 3 heteroatoms. The first-order valence-electron chi connectivity index (χ1n) is 6.04. The van der Waals surface area contributed by atoms with Crippen molar-refractivity contribution in [3.05, 3.63) is 35.4 Å². The van der Waals surface area contributed by atoms with Crippen LogP contribution in [0.5, 0.6) is 0 Å². The summed E-state index contributed by atoms with van der Waals surface area (Å²) >= 11 is 3.39. The third-order valence-electron chi connectivity index (χ3n) is 2.93. The highest BCUT2D eigenvalue weighted by molar-refractivity contribution is 9.08. The maximum atomic E-state index is 12.0. The molecule has 1 aromatic rings. The van der Waals surface area contributed by atoms with Crippen LogP contribution in [0.1, 0.15) is 43.1 Å². The van der Waals surface area contributed by atoms with Gasteiger partial charge in [0.15, 0.2) is 0 Å². The third kappa shape index (κ3) is 4.15. The highest BCUT2D eigenvalue weighted by Gasteiger charge is 2.14. The van der Waals surface area contributed by atoms with Crippen LogP contribution in [0, 0.1) is 5.92 Å². The van der Waals surface area contributed by atoms with Crippen LogP contribution in [0.15, 0.2) is 24.3 Å². The monoisotopic (exact) mass is 297 g/mol. The number of carbonyl (C=O) groups is 1. The van der Waals surface area contributed by atoms with Crippen LogP contribution in [0.4, 0.5) is 0 Å². The average Bonchev–Trinajstić information content (AvgIpc) is 2.35. The van der Waals surface area contributed by atoms with E-state index >= 15 is 0 Å². The van der Waals surface area contributed by atoms with Crippen molar-refractivity contribution in [2.45, 2.75) is 38.6 Å². The second kappa shape index (κ2) is 6.80. The fourth-order valence-corrected chi connectivity index (χ4v) is 2.11. The molecule has 2 nitrogen and oxygen atoms in total. The van der Waals surface area contributed by atoms with E-state index < -0.39 is 0 Å². The van der Waals surface area contributed by atoms with Crippen molar-refractivity contribution < 1.29 is 4.79 Å². The number of benzene rings is 1. The molecule has 0 spiro atoms. The lowest BCUT2D eigenvalue weighted by Gasteiger charge is -2.20. The quantitative estimate of drug-likeness (QED) is 0.824. The summed E-state index contributed by atoms with van der Waals surface area (Å²) in [5.74, 6) is 0.484. The summed E-state index contributed by atoms with van der Waals surface area (Å²) in [5, 5.41) is 3.89. The predicted molar refractivity (Wildman–Crippen MR) is 75.5 cm³/mol. The largest absolute Gasteiger partial charge is 0.349 e. The van der Waals surface area contributed by atoms with Gasteiger partial charge in [0.25, 0.3) is 5.91 Å². The lowest BCUT2D eigenvalue weighted by molar-refractivity contribution is 0.0924. The van der Waals surface area contributed by atoms with E-state index in [-0.39, 0.29) is 11.9 Å². The van der Waals surface area contributed by atoms with Crippen LogP contribution in [-0.2, 0) is 5.33 Å². The van der Waals surface area contributed by atoms with Gasteiger partial charge >= 0.3 is 0 Å². The number of alkyl halides is 1. The number of carbonyl (C=O) groups excluding carboxylic acids is 1. The first-order chi connectivity index (χ1) is 8.08. The first-order valence-corrected chi connectivity index (χ1v) is 7.16. The zero-order valence-electron chi connectivity index (χ0n) is 10.7. The van der Waals surface area contributed by atoms with Gasteiger partial charge in [0, 0.05) is 16.9 Å². The Morgan fingerprint density at radius 3 is 2.29 bits per heavy atom. The average molecular weight is 298 g/mol. The SMILES string of the molecule is CCC(NC(=O)c1ccc(CBr)cc1)C(C)C. The second-order valence-corrected chi connectivity index (χ2v) is 5.12. The third-order valence-corrected chi connectivity index (χ3v) is 3.58. The topological polar surface area (TPSA) is 29.1 Å². The number of halogens is 1. The lowest BCUT2D eigenvalue weighted by Crippen LogP contribution is -2.37. The summed E-state index contributed by atoms with van der Waals surface area (Å²) < 4.78 is 0. The zero-order chi connectivity index (χ0) is 12.8. The van der Waals surface area contributed by atoms with Crippen molar-refractivity contribution in [2.75, 3.05) is 0 Å². The van der Waals surface area contributed by atoms with Gasteiger partial charge in [-0.1, -0.05) is 48.8 Å². The zero-order valence-corrected chi connectivity index (χ0v) is 12.3. The molecule has 0 aromatic heterocycles. The van der Waals surface area contributed by atoms with Crippen molar-refractivity contribution in [3.8, 4) is 0 Å². The second-order valence-electron chi connectivity index (χ2n) is 4.56. The molecule has 1 N–H and O–H groups in total. The number of amides is 1. The van der Waals surface area contributed by atoms with Crippen molar-refractivity contribution in [1.82, 2.24) is 5.32 Å². The Bertz CT molecular complexity index is 359. The van der Waals surface area contributed by atoms with Crippen LogP contribution < -0.4 is 5.32 Å². The van der Waals surface area contributed by atoms with Crippen LogP contribution in [0.3, 0.4) is 0 Å². The van der Waals surface area contributed by atoms with Gasteiger partial charge in [-0.3, -0.25) is 4.79 Å². The van der Waals surface area contributed by atoms with Crippen molar-refractivity contribution in [3.63, 3.8) is 0 Å². The highest BCUT2D eigenvalue weighted by Crippen LogP contribution is 2.10. The maximum absolute atomic E-state index is 12.0. The molecule has 1 aromatic carbocycles. The van der Waals surface area contributed by atoms with E-state index in [2.05, 4.69) is 42.0 Å². The molecule has 0 fully saturated rings. The van der Waals surface area contributed by atoms with E-state index in [0.717, 1.165) is 17.3 Å². The minimum atomic E-state index is 0.0201. The smallest absolute Gasteiger partial charge is 0.251 e. The van der Waals surface area contributed by atoms with Crippen molar-refractivity contribution in [2.24, 2.45) is 5.92 Å². The number of nitrogens with one attached hydrogen (secondary N) is 1. The molecule has 0 aliphatic rings. The maximum Gasteiger partial charge on any atom is 0.251 e. The molecule has 0 heterocycles. The number of hydrogen-bond donors (Lipinski definition) is 1. The van der Waals surface area contributed by atoms with Gasteiger partial charge in [-0.05, 0) is 30.0 Å². The van der Waals surface area contributed by atoms with Gasteiger partial charge < -0.3 is 5.32 Å². The van der Waals surface area contributed by atoms with Crippen LogP contribution in [0.25, 0.3) is 0 Å². The van der Waals surface area contributed by atoms with Crippen LogP contribution >= 0.6 is 15.9 Å². The summed E-state index contributed by atoms with van der Waals surface area (Å²) in [6, 6.07) is 7.94. The van der Waals surface area contributed by atoms with Crippen LogP contribution in [-0.4, -0.2) is 11.9 Å². The van der Waals surface area contributed by atoms with Crippen molar-refractivity contribution in [1.29, 1.82) is 0 Å². The molecule has 0 aliphatic heterocycles. The normalized spacial score (nSPS) is 12.5. The van der Waals surface area contributed by atoms with Gasteiger partial charge in [0.1, 0.15) is 0 Å². The van der Waals surface area contributed by atoms with Gasteiger partial charge in [-0.25, -0.2) is 0 Å². The molecule has 0 saturated carbocycles. The van der Waals surface area contributed by atoms with E-state index in [1.165, 1.54) is 5.56 Å². The molecular formula is C14H20BrNO. The number of rotatable bonds is 5. The van der Waals surface area contributed by atoms with Gasteiger partial charge in [-0.15, -0.1) is 0 Å². The van der Waals surface area contributed by atoms with E-state index in [1.54, 1.807) is 0 Å². The van der Waals surface area contributed by atoms with E-state index in [4.69, 9.17) is 0 Å². The predicted octanol–water partition coefficient (Wildman–Crippen LogP) is 3.75. The molecule has 94 valence electrons. The molecule has 1 atom stereocenters. The summed E-state index contributed by atoms with van der Waals surface area (Å²) in [5.41, 5.74) is 1.91. The highest BCUT2D eigenvalue weighted by atomic mass is 79.9. The molecule has 0 radical (unpaired) electrons. The summed E-state index contributed by atoms with van der Waals surface area (Å²) in [7, 11) is 0. The Morgan fingerprint density at radius 1 is 1.29 bits per heavy atom. The van der Waals surface area contributed by atoms with Crippen molar-refractivity contribution >= 4 is 21.8 Å². The van der Waals surface area contributed by atoms with Crippen LogP contribution in [0.2, 0.25) is 0 Å². The summed E-state index contributed by atoms with van der Waals surface area (Å²) in [4.78, 5) is 12.0. The first kappa shape index (κ1) is 14.2. The van der Waals surface area contributed by atoms with Gasteiger partial charge in [-0.2, -0.15) is 0 Å². The molecule has 1 rings (SSSR count). The molecule has 17 heavy (non-hydrogen) atoms. The summed E-state index contributed by atoms with van der Waals surface area (Å²) in [6.07, 6.45) is 0.961. The Kier molecular flexibility index (Phi) is 5.69. The molecule has 0 bridgehead atoms. The Labute approximate surface area is 112 Å². The minimum Gasteiger partial charge on any atom is -0.349 e. The standard InChI is InChI=1S/C14H20BrNO/c1-4-13(10(2)3)16-14(17)12-7-5-11(9-15)6-8-12/h5-8,10,13H,4,9H2,1-3H3,(H,16,17). The Balaban J connectivity index is 2.68. The Hall–Kier alpha value is -0.830. The fraction of sp³-hybridized carbons (Fsp3) is 0.500. The molecule has 1 unspecified atom stereocenters. The fourth-order valence-electron chi connectivity index (χ4n) is 1.74. The van der Waals surface area contributed by atoms with Gasteiger partial charge in [0.2, 0.25) is 0 Å². The minimum absolute atomic E-state index is 0.0201. The van der Waals surface area contributed by atoms with E-state index in [9.17, 15) is 4.79 Å². The van der Waals surface area contributed by atoms with E-state index in [0.29, 0.717) is 5.92 Å². The Morgan fingerprint density at radius 2 is 1.88 bits per heavy atom. The molecule has 0 aliphatic carbocycles. The van der Waals surface area contributed by atoms with Gasteiger partial charge in [0.05, 0.1) is 0 Å². The molecular weight excluding hydrogens is 278 g/mol. The molecule has 1 amide bonds. The van der Waals surface area contributed by atoms with E-state index in [1.807, 2.05) is 24.3 Å². The lowest BCUT2D eigenvalue weighted by atomic mass is 10.0. The summed E-state index contributed by atoms with van der Waals surface area (Å²) in [6.45, 7) is 6.35. The number of hydrogen-bond acceptors (Lipinski definition) is 1.